The summed E-state index contributed by atoms with van der Waals surface area (Å²) < 4.78 is 40.6. The maximum Gasteiger partial charge on any atom is 0.243 e. The van der Waals surface area contributed by atoms with E-state index >= 15 is 0 Å². The van der Waals surface area contributed by atoms with E-state index in [9.17, 15) is 12.8 Å². The van der Waals surface area contributed by atoms with Crippen molar-refractivity contribution in [3.63, 3.8) is 0 Å². The summed E-state index contributed by atoms with van der Waals surface area (Å²) in [5.41, 5.74) is 0.651. The van der Waals surface area contributed by atoms with Gasteiger partial charge in [0.25, 0.3) is 0 Å². The topological polar surface area (TPSA) is 37.4 Å². The molecule has 1 aromatic carbocycles. The van der Waals surface area contributed by atoms with Crippen LogP contribution >= 0.6 is 11.6 Å². The van der Waals surface area contributed by atoms with Crippen LogP contribution in [0.25, 0.3) is 0 Å². The van der Waals surface area contributed by atoms with Gasteiger partial charge in [-0.05, 0) is 37.0 Å². The molecule has 1 atom stereocenters. The Morgan fingerprint density at radius 2 is 2.15 bits per heavy atom. The number of hydrogen-bond acceptors (Lipinski definition) is 2. The highest BCUT2D eigenvalue weighted by molar-refractivity contribution is 7.89. The SMILES string of the molecule is CCC1CCN(S(=O)(=O)c2cc(CCl)cc(F)c2C)C1. The Morgan fingerprint density at radius 1 is 1.45 bits per heavy atom. The quantitative estimate of drug-likeness (QED) is 0.799. The predicted octanol–water partition coefficient (Wildman–Crippen LogP) is 3.29. The van der Waals surface area contributed by atoms with E-state index in [0.717, 1.165) is 12.8 Å². The molecule has 1 fully saturated rings. The molecule has 3 nitrogen and oxygen atoms in total. The Bertz CT molecular complexity index is 603. The van der Waals surface area contributed by atoms with Crippen LogP contribution in [0, 0.1) is 18.7 Å². The van der Waals surface area contributed by atoms with Gasteiger partial charge in [-0.25, -0.2) is 12.8 Å². The first-order valence-electron chi connectivity index (χ1n) is 6.75. The van der Waals surface area contributed by atoms with Gasteiger partial charge in [-0.1, -0.05) is 13.3 Å². The van der Waals surface area contributed by atoms with Gasteiger partial charge >= 0.3 is 0 Å². The lowest BCUT2D eigenvalue weighted by Crippen LogP contribution is -2.29. The van der Waals surface area contributed by atoms with Gasteiger partial charge in [0.05, 0.1) is 4.90 Å². The normalized spacial score (nSPS) is 20.5. The summed E-state index contributed by atoms with van der Waals surface area (Å²) in [5.74, 6) is -0.0313. The molecule has 0 aliphatic carbocycles. The van der Waals surface area contributed by atoms with Crippen molar-refractivity contribution in [2.75, 3.05) is 13.1 Å². The zero-order valence-corrected chi connectivity index (χ0v) is 13.3. The maximum absolute atomic E-state index is 13.8. The number of sulfonamides is 1. The van der Waals surface area contributed by atoms with E-state index in [-0.39, 0.29) is 16.3 Å². The largest absolute Gasteiger partial charge is 0.243 e. The highest BCUT2D eigenvalue weighted by atomic mass is 35.5. The Labute approximate surface area is 124 Å². The fourth-order valence-corrected chi connectivity index (χ4v) is 4.51. The van der Waals surface area contributed by atoms with E-state index in [0.29, 0.717) is 24.6 Å². The second-order valence-electron chi connectivity index (χ2n) is 5.26. The van der Waals surface area contributed by atoms with E-state index in [2.05, 4.69) is 6.92 Å². The van der Waals surface area contributed by atoms with Gasteiger partial charge in [0.2, 0.25) is 10.0 Å². The fourth-order valence-electron chi connectivity index (χ4n) is 2.54. The minimum Gasteiger partial charge on any atom is -0.207 e. The van der Waals surface area contributed by atoms with Crippen molar-refractivity contribution in [3.8, 4) is 0 Å². The first kappa shape index (κ1) is 15.7. The van der Waals surface area contributed by atoms with Crippen LogP contribution in [0.5, 0.6) is 0 Å². The van der Waals surface area contributed by atoms with Crippen molar-refractivity contribution >= 4 is 21.6 Å². The van der Waals surface area contributed by atoms with E-state index in [4.69, 9.17) is 11.6 Å². The Morgan fingerprint density at radius 3 is 2.70 bits per heavy atom. The number of halogens is 2. The van der Waals surface area contributed by atoms with E-state index < -0.39 is 15.8 Å². The van der Waals surface area contributed by atoms with Crippen molar-refractivity contribution < 1.29 is 12.8 Å². The molecule has 0 aromatic heterocycles. The van der Waals surface area contributed by atoms with Crippen LogP contribution in [0.3, 0.4) is 0 Å². The second kappa shape index (κ2) is 6.00. The minimum absolute atomic E-state index is 0.0462. The lowest BCUT2D eigenvalue weighted by molar-refractivity contribution is 0.451. The number of benzene rings is 1. The highest BCUT2D eigenvalue weighted by Crippen LogP contribution is 2.29. The molecule has 0 bridgehead atoms. The minimum atomic E-state index is -3.63. The average Bonchev–Trinajstić information content (AvgIpc) is 2.91. The van der Waals surface area contributed by atoms with Gasteiger partial charge in [0.15, 0.2) is 0 Å². The lowest BCUT2D eigenvalue weighted by atomic mass is 10.1. The third-order valence-electron chi connectivity index (χ3n) is 3.95. The smallest absolute Gasteiger partial charge is 0.207 e. The van der Waals surface area contributed by atoms with Gasteiger partial charge in [-0.3, -0.25) is 0 Å². The summed E-state index contributed by atoms with van der Waals surface area (Å²) in [5, 5.41) is 0. The molecule has 0 spiro atoms. The molecule has 112 valence electrons. The second-order valence-corrected chi connectivity index (χ2v) is 7.43. The van der Waals surface area contributed by atoms with Gasteiger partial charge in [-0.15, -0.1) is 11.6 Å². The summed E-state index contributed by atoms with van der Waals surface area (Å²) in [6, 6.07) is 2.78. The molecule has 1 saturated heterocycles. The molecular weight excluding hydrogens is 301 g/mol. The summed E-state index contributed by atoms with van der Waals surface area (Å²) >= 11 is 5.70. The van der Waals surface area contributed by atoms with Crippen LogP contribution in [-0.2, 0) is 15.9 Å². The fraction of sp³-hybridized carbons (Fsp3) is 0.571. The zero-order chi connectivity index (χ0) is 14.9. The molecule has 20 heavy (non-hydrogen) atoms. The molecule has 0 saturated carbocycles. The molecule has 0 N–H and O–H groups in total. The molecule has 2 rings (SSSR count). The third kappa shape index (κ3) is 2.85. The first-order valence-corrected chi connectivity index (χ1v) is 8.72. The summed E-state index contributed by atoms with van der Waals surface area (Å²) in [6.07, 6.45) is 1.83. The van der Waals surface area contributed by atoms with Crippen molar-refractivity contribution in [3.05, 3.63) is 29.1 Å². The molecule has 6 heteroatoms. The van der Waals surface area contributed by atoms with Gasteiger partial charge in [-0.2, -0.15) is 4.31 Å². The number of nitrogens with zero attached hydrogens (tertiary/aromatic N) is 1. The van der Waals surface area contributed by atoms with Crippen molar-refractivity contribution in [1.29, 1.82) is 0 Å². The molecule has 1 aromatic rings. The molecule has 0 amide bonds. The molecule has 1 aliphatic rings. The number of hydrogen-bond donors (Lipinski definition) is 0. The lowest BCUT2D eigenvalue weighted by Gasteiger charge is -2.18. The summed E-state index contributed by atoms with van der Waals surface area (Å²) in [4.78, 5) is 0.0462. The Balaban J connectivity index is 2.42. The molecule has 1 unspecified atom stereocenters. The van der Waals surface area contributed by atoms with Gasteiger partial charge in [0.1, 0.15) is 5.82 Å². The van der Waals surface area contributed by atoms with Crippen molar-refractivity contribution in [1.82, 2.24) is 4.31 Å². The van der Waals surface area contributed by atoms with E-state index in [1.165, 1.54) is 23.4 Å². The third-order valence-corrected chi connectivity index (χ3v) is 6.25. The molecule has 1 heterocycles. The van der Waals surface area contributed by atoms with E-state index in [1.54, 1.807) is 0 Å². The number of alkyl halides is 1. The van der Waals surface area contributed by atoms with Crippen molar-refractivity contribution in [2.45, 2.75) is 37.5 Å². The zero-order valence-electron chi connectivity index (χ0n) is 11.7. The van der Waals surface area contributed by atoms with Crippen LogP contribution in [0.15, 0.2) is 17.0 Å². The van der Waals surface area contributed by atoms with Crippen LogP contribution in [0.4, 0.5) is 4.39 Å². The molecular formula is C14H19ClFNO2S. The van der Waals surface area contributed by atoms with Crippen LogP contribution < -0.4 is 0 Å². The predicted molar refractivity (Wildman–Crippen MR) is 77.9 cm³/mol. The monoisotopic (exact) mass is 319 g/mol. The number of rotatable bonds is 4. The van der Waals surface area contributed by atoms with E-state index in [1.807, 2.05) is 0 Å². The average molecular weight is 320 g/mol. The van der Waals surface area contributed by atoms with Crippen molar-refractivity contribution in [2.24, 2.45) is 5.92 Å². The van der Waals surface area contributed by atoms with Crippen LogP contribution in [0.2, 0.25) is 0 Å². The first-order chi connectivity index (χ1) is 9.40. The Hall–Kier alpha value is -0.650. The van der Waals surface area contributed by atoms with Crippen LogP contribution in [0.1, 0.15) is 30.9 Å². The summed E-state index contributed by atoms with van der Waals surface area (Å²) in [6.45, 7) is 4.57. The highest BCUT2D eigenvalue weighted by Gasteiger charge is 2.33. The van der Waals surface area contributed by atoms with Gasteiger partial charge in [0, 0.05) is 24.5 Å². The van der Waals surface area contributed by atoms with Crippen LogP contribution in [-0.4, -0.2) is 25.8 Å². The van der Waals surface area contributed by atoms with Gasteiger partial charge < -0.3 is 0 Å². The maximum atomic E-state index is 13.8. The molecule has 0 radical (unpaired) electrons. The summed E-state index contributed by atoms with van der Waals surface area (Å²) in [7, 11) is -3.63. The Kier molecular flexibility index (Phi) is 4.72. The molecule has 1 aliphatic heterocycles. The standard InChI is InChI=1S/C14H19ClFNO2S/c1-3-11-4-5-17(9-11)20(18,19)14-7-12(8-15)6-13(16)10(14)2/h6-7,11H,3-5,8-9H2,1-2H3.